The van der Waals surface area contributed by atoms with Crippen molar-refractivity contribution in [2.45, 2.75) is 19.6 Å². The van der Waals surface area contributed by atoms with Crippen LogP contribution in [0, 0.1) is 0 Å². The van der Waals surface area contributed by atoms with E-state index in [9.17, 15) is 0 Å². The van der Waals surface area contributed by atoms with Crippen LogP contribution in [0.4, 0.5) is 0 Å². The summed E-state index contributed by atoms with van der Waals surface area (Å²) in [5.41, 5.74) is 0. The molecule has 0 unspecified atom stereocenters. The summed E-state index contributed by atoms with van der Waals surface area (Å²) in [5, 5.41) is 0. The average Bonchev–Trinajstić information content (AvgIpc) is 0.811. The Kier molecular flexibility index (Phi) is 24.4. The van der Waals surface area contributed by atoms with E-state index in [2.05, 4.69) is 19.6 Å². The molecule has 0 aromatic heterocycles. The first-order valence-corrected chi connectivity index (χ1v) is 4.50. The van der Waals surface area contributed by atoms with Gasteiger partial charge in [-0.1, -0.05) is 19.6 Å². The van der Waals surface area contributed by atoms with Crippen molar-refractivity contribution in [3.8, 4) is 0 Å². The minimum Gasteiger partial charge on any atom is -0.344 e. The Balaban J connectivity index is -0.0000000450. The number of rotatable bonds is 0. The Hall–Kier alpha value is 0.774. The van der Waals surface area contributed by atoms with Gasteiger partial charge in [0.25, 0.3) is 0 Å². The van der Waals surface area contributed by atoms with Crippen LogP contribution >= 0.6 is 0 Å². The third-order valence-corrected chi connectivity index (χ3v) is 0. The van der Waals surface area contributed by atoms with E-state index in [0.29, 0.717) is 0 Å². The summed E-state index contributed by atoms with van der Waals surface area (Å²) in [6.07, 6.45) is 0. The van der Waals surface area contributed by atoms with E-state index in [4.69, 9.17) is 0 Å². The maximum absolute atomic E-state index is 2.27. The molecule has 0 aliphatic carbocycles. The van der Waals surface area contributed by atoms with Crippen molar-refractivity contribution in [3.63, 3.8) is 0 Å². The Bertz CT molecular complexity index is 15.5. The molecule has 0 spiro atoms. The molecule has 0 aromatic rings. The molecule has 3 N–H and O–H groups in total. The Morgan fingerprint density at radius 3 is 1.00 bits per heavy atom. The molecule has 34 valence electrons. The second-order valence-electron chi connectivity index (χ2n) is 1.50. The molecule has 0 heterocycles. The molecule has 0 amide bonds. The summed E-state index contributed by atoms with van der Waals surface area (Å²) in [7, 11) is 0.120. The Labute approximate surface area is 53.9 Å². The zero-order chi connectivity index (χ0) is 3.58. The van der Waals surface area contributed by atoms with Crippen LogP contribution in [0.1, 0.15) is 0 Å². The van der Waals surface area contributed by atoms with Crippen molar-refractivity contribution < 1.29 is 0 Å². The molecule has 0 fully saturated rings. The van der Waals surface area contributed by atoms with Gasteiger partial charge in [-0.15, -0.1) is 0 Å². The molecule has 2 radical (unpaired) electrons. The largest absolute Gasteiger partial charge is 0.344 e. The first-order chi connectivity index (χ1) is 1.73. The number of hydrogen-bond acceptors (Lipinski definition) is 1. The van der Waals surface area contributed by atoms with E-state index >= 15 is 0 Å². The maximum Gasteiger partial charge on any atom is 0.0379 e. The smallest absolute Gasteiger partial charge is 0.0379 e. The van der Waals surface area contributed by atoms with Crippen LogP contribution in [0.2, 0.25) is 19.6 Å². The van der Waals surface area contributed by atoms with Gasteiger partial charge in [-0.05, 0) is 0 Å². The van der Waals surface area contributed by atoms with Crippen LogP contribution in [0.5, 0.6) is 0 Å². The maximum atomic E-state index is 2.27. The minimum atomic E-state index is 0. The molecule has 0 aliphatic rings. The topological polar surface area (TPSA) is 35.0 Å². The predicted octanol–water partition coefficient (Wildman–Crippen LogP) is 1.15. The Morgan fingerprint density at radius 1 is 1.00 bits per heavy atom. The summed E-state index contributed by atoms with van der Waals surface area (Å²) in [4.78, 5) is 0. The van der Waals surface area contributed by atoms with Crippen LogP contribution in [-0.4, -0.2) is 27.7 Å². The van der Waals surface area contributed by atoms with Crippen molar-refractivity contribution in [1.29, 1.82) is 0 Å². The third kappa shape index (κ3) is 113. The molecule has 0 aliphatic heterocycles. The fraction of sp³-hybridized carbons (Fsp3) is 1.00. The monoisotopic (exact) mass is 97.1 g/mol. The molecule has 0 bridgehead atoms. The SMILES string of the molecule is C[Si](C)C.N.[Li]. The summed E-state index contributed by atoms with van der Waals surface area (Å²) in [6.45, 7) is 6.81. The zero-order valence-corrected chi connectivity index (χ0v) is 6.21. The third-order valence-electron chi connectivity index (χ3n) is 0. The summed E-state index contributed by atoms with van der Waals surface area (Å²) in [6, 6.07) is 0. The second kappa shape index (κ2) is 9.24. The van der Waals surface area contributed by atoms with Crippen molar-refractivity contribution in [1.82, 2.24) is 6.15 Å². The van der Waals surface area contributed by atoms with E-state index in [1.165, 1.54) is 0 Å². The van der Waals surface area contributed by atoms with Crippen LogP contribution in [0.15, 0.2) is 0 Å². The van der Waals surface area contributed by atoms with E-state index in [1.807, 2.05) is 0 Å². The van der Waals surface area contributed by atoms with Crippen molar-refractivity contribution in [2.75, 3.05) is 0 Å². The van der Waals surface area contributed by atoms with Crippen LogP contribution < -0.4 is 6.15 Å². The molecule has 0 saturated heterocycles. The van der Waals surface area contributed by atoms with Gasteiger partial charge in [0.15, 0.2) is 0 Å². The molecular weight excluding hydrogens is 85.1 g/mol. The fourth-order valence-corrected chi connectivity index (χ4v) is 0. The van der Waals surface area contributed by atoms with Gasteiger partial charge >= 0.3 is 0 Å². The molecule has 3 heteroatoms. The van der Waals surface area contributed by atoms with Gasteiger partial charge in [-0.3, -0.25) is 0 Å². The van der Waals surface area contributed by atoms with E-state index in [1.54, 1.807) is 0 Å². The first-order valence-electron chi connectivity index (χ1n) is 1.50. The van der Waals surface area contributed by atoms with E-state index in [0.717, 1.165) is 0 Å². The molecule has 0 atom stereocenters. The summed E-state index contributed by atoms with van der Waals surface area (Å²) < 4.78 is 0. The predicted molar refractivity (Wildman–Crippen MR) is 34.1 cm³/mol. The number of hydrogen-bond donors (Lipinski definition) is 1. The van der Waals surface area contributed by atoms with Gasteiger partial charge in [0.05, 0.1) is 0 Å². The Morgan fingerprint density at radius 2 is 1.00 bits per heavy atom. The molecule has 0 rings (SSSR count). The molecule has 0 aromatic carbocycles. The summed E-state index contributed by atoms with van der Waals surface area (Å²) in [5.74, 6) is 0. The van der Waals surface area contributed by atoms with Gasteiger partial charge in [-0.25, -0.2) is 0 Å². The first kappa shape index (κ1) is 15.9. The fourth-order valence-electron chi connectivity index (χ4n) is 0. The minimum absolute atomic E-state index is 0. The van der Waals surface area contributed by atoms with E-state index < -0.39 is 0 Å². The van der Waals surface area contributed by atoms with Gasteiger partial charge < -0.3 is 6.15 Å². The molecule has 1 nitrogen and oxygen atoms in total. The quantitative estimate of drug-likeness (QED) is 0.452. The van der Waals surface area contributed by atoms with Crippen LogP contribution in [0.25, 0.3) is 0 Å². The van der Waals surface area contributed by atoms with Crippen molar-refractivity contribution in [2.24, 2.45) is 0 Å². The van der Waals surface area contributed by atoms with Gasteiger partial charge in [0, 0.05) is 27.7 Å². The standard InChI is InChI=1S/C3H9Si.Li.H3N/c1-4(2)3;;/h1-3H3;;1H3. The molecule has 0 saturated carbocycles. The van der Waals surface area contributed by atoms with Gasteiger partial charge in [-0.2, -0.15) is 0 Å². The van der Waals surface area contributed by atoms with Crippen LogP contribution in [0.3, 0.4) is 0 Å². The van der Waals surface area contributed by atoms with Crippen molar-refractivity contribution in [3.05, 3.63) is 0 Å². The molecule has 6 heavy (non-hydrogen) atoms. The van der Waals surface area contributed by atoms with E-state index in [-0.39, 0.29) is 33.8 Å². The zero-order valence-electron chi connectivity index (χ0n) is 5.21. The molecular formula is C3H12LiNSi. The van der Waals surface area contributed by atoms with Gasteiger partial charge in [0.2, 0.25) is 0 Å². The normalized spacial score (nSPS) is 6.00. The van der Waals surface area contributed by atoms with Crippen LogP contribution in [-0.2, 0) is 0 Å². The van der Waals surface area contributed by atoms with Gasteiger partial charge in [0.1, 0.15) is 0 Å². The second-order valence-corrected chi connectivity index (χ2v) is 4.50. The van der Waals surface area contributed by atoms with Crippen molar-refractivity contribution >= 4 is 27.7 Å². The average molecular weight is 97.2 g/mol. The summed E-state index contributed by atoms with van der Waals surface area (Å²) >= 11 is 0.